The molecule has 0 radical (unpaired) electrons. The first-order valence-electron chi connectivity index (χ1n) is 6.20. The lowest BCUT2D eigenvalue weighted by Crippen LogP contribution is -2.08. The van der Waals surface area contributed by atoms with Crippen molar-refractivity contribution in [3.63, 3.8) is 0 Å². The van der Waals surface area contributed by atoms with Gasteiger partial charge in [0, 0.05) is 6.08 Å². The van der Waals surface area contributed by atoms with Crippen molar-refractivity contribution in [1.29, 1.82) is 0 Å². The summed E-state index contributed by atoms with van der Waals surface area (Å²) in [5.74, 6) is 0.506. The van der Waals surface area contributed by atoms with Crippen molar-refractivity contribution in [3.8, 4) is 11.8 Å². The van der Waals surface area contributed by atoms with Crippen molar-refractivity contribution in [2.24, 2.45) is 0 Å². The zero-order chi connectivity index (χ0) is 15.1. The van der Waals surface area contributed by atoms with Gasteiger partial charge in [0.1, 0.15) is 5.75 Å². The summed E-state index contributed by atoms with van der Waals surface area (Å²) in [6.45, 7) is 0. The fourth-order valence-electron chi connectivity index (χ4n) is 1.56. The van der Waals surface area contributed by atoms with Gasteiger partial charge in [0.25, 0.3) is 0 Å². The minimum absolute atomic E-state index is 0.252. The molecule has 1 aromatic heterocycles. The van der Waals surface area contributed by atoms with Crippen LogP contribution < -0.4 is 14.8 Å². The Morgan fingerprint density at radius 1 is 1.10 bits per heavy atom. The molecule has 0 aliphatic carbocycles. The minimum atomic E-state index is -0.264. The Balaban J connectivity index is 1.94. The van der Waals surface area contributed by atoms with Crippen LogP contribution in [0.1, 0.15) is 5.56 Å². The van der Waals surface area contributed by atoms with Crippen LogP contribution in [0, 0.1) is 0 Å². The van der Waals surface area contributed by atoms with E-state index in [1.807, 2.05) is 24.3 Å². The molecule has 1 heterocycles. The number of rotatable bonds is 5. The fourth-order valence-corrected chi connectivity index (χ4v) is 1.56. The predicted molar refractivity (Wildman–Crippen MR) is 79.2 cm³/mol. The first-order chi connectivity index (χ1) is 10.2. The molecule has 0 bridgehead atoms. The van der Waals surface area contributed by atoms with Crippen molar-refractivity contribution in [2.75, 3.05) is 19.5 Å². The van der Waals surface area contributed by atoms with E-state index in [2.05, 4.69) is 15.3 Å². The van der Waals surface area contributed by atoms with Gasteiger partial charge in [-0.25, -0.2) is 9.97 Å². The van der Waals surface area contributed by atoms with Gasteiger partial charge in [-0.05, 0) is 23.8 Å². The molecule has 0 saturated heterocycles. The minimum Gasteiger partial charge on any atom is -0.497 e. The van der Waals surface area contributed by atoms with E-state index in [9.17, 15) is 4.79 Å². The Morgan fingerprint density at radius 2 is 1.76 bits per heavy atom. The second kappa shape index (κ2) is 7.04. The number of nitrogens with one attached hydrogen (secondary N) is 1. The average molecular weight is 285 g/mol. The van der Waals surface area contributed by atoms with Gasteiger partial charge < -0.3 is 14.8 Å². The van der Waals surface area contributed by atoms with E-state index < -0.39 is 0 Å². The third-order valence-electron chi connectivity index (χ3n) is 2.62. The monoisotopic (exact) mass is 285 g/mol. The molecular weight excluding hydrogens is 270 g/mol. The van der Waals surface area contributed by atoms with Gasteiger partial charge >= 0.3 is 6.01 Å². The highest BCUT2D eigenvalue weighted by molar-refractivity contribution is 6.01. The maximum Gasteiger partial charge on any atom is 0.316 e. The smallest absolute Gasteiger partial charge is 0.316 e. The van der Waals surface area contributed by atoms with Gasteiger partial charge in [0.15, 0.2) is 0 Å². The number of ether oxygens (including phenoxy) is 2. The van der Waals surface area contributed by atoms with Gasteiger partial charge in [0.05, 0.1) is 32.3 Å². The lowest BCUT2D eigenvalue weighted by Gasteiger charge is -2.02. The highest BCUT2D eigenvalue weighted by Gasteiger charge is 2.00. The van der Waals surface area contributed by atoms with Crippen LogP contribution in [-0.2, 0) is 4.79 Å². The molecule has 0 unspecified atom stereocenters. The summed E-state index contributed by atoms with van der Waals surface area (Å²) in [4.78, 5) is 19.6. The number of amides is 1. The van der Waals surface area contributed by atoms with Crippen LogP contribution >= 0.6 is 0 Å². The number of carbonyl (C=O) groups excluding carboxylic acids is 1. The first-order valence-corrected chi connectivity index (χ1v) is 6.20. The van der Waals surface area contributed by atoms with E-state index in [1.54, 1.807) is 13.2 Å². The second-order valence-electron chi connectivity index (χ2n) is 4.05. The summed E-state index contributed by atoms with van der Waals surface area (Å²) in [7, 11) is 3.08. The Morgan fingerprint density at radius 3 is 2.33 bits per heavy atom. The van der Waals surface area contributed by atoms with Crippen LogP contribution in [0.4, 0.5) is 5.69 Å². The van der Waals surface area contributed by atoms with Crippen molar-refractivity contribution in [1.82, 2.24) is 9.97 Å². The first kappa shape index (κ1) is 14.5. The number of nitrogens with zero attached hydrogens (tertiary/aromatic N) is 2. The molecule has 0 spiro atoms. The Kier molecular flexibility index (Phi) is 4.87. The topological polar surface area (TPSA) is 73.3 Å². The Hall–Kier alpha value is -2.89. The molecule has 1 aromatic carbocycles. The summed E-state index contributed by atoms with van der Waals surface area (Å²) < 4.78 is 9.90. The molecule has 2 aromatic rings. The Bertz CT molecular complexity index is 622. The molecule has 0 aliphatic rings. The molecule has 2 rings (SSSR count). The number of methoxy groups -OCH3 is 2. The molecule has 21 heavy (non-hydrogen) atoms. The molecule has 0 atom stereocenters. The third-order valence-corrected chi connectivity index (χ3v) is 2.62. The van der Waals surface area contributed by atoms with Crippen molar-refractivity contribution >= 4 is 17.7 Å². The number of carbonyl (C=O) groups is 1. The van der Waals surface area contributed by atoms with Gasteiger partial charge in [-0.2, -0.15) is 0 Å². The lowest BCUT2D eigenvalue weighted by atomic mass is 10.2. The number of aromatic nitrogens is 2. The summed E-state index contributed by atoms with van der Waals surface area (Å²) in [6.07, 6.45) is 6.10. The van der Waals surface area contributed by atoms with Crippen LogP contribution in [-0.4, -0.2) is 30.1 Å². The van der Waals surface area contributed by atoms with E-state index in [0.29, 0.717) is 5.69 Å². The van der Waals surface area contributed by atoms with Crippen molar-refractivity contribution < 1.29 is 14.3 Å². The van der Waals surface area contributed by atoms with Gasteiger partial charge in [0.2, 0.25) is 5.91 Å². The highest BCUT2D eigenvalue weighted by atomic mass is 16.5. The molecule has 6 heteroatoms. The zero-order valence-electron chi connectivity index (χ0n) is 11.7. The fraction of sp³-hybridized carbons (Fsp3) is 0.133. The summed E-state index contributed by atoms with van der Waals surface area (Å²) in [6, 6.07) is 7.63. The lowest BCUT2D eigenvalue weighted by molar-refractivity contribution is -0.111. The third kappa shape index (κ3) is 4.31. The Labute approximate surface area is 122 Å². The second-order valence-corrected chi connectivity index (χ2v) is 4.05. The van der Waals surface area contributed by atoms with Gasteiger partial charge in [-0.15, -0.1) is 0 Å². The SMILES string of the molecule is COc1ccc(/C=C/C(=O)Nc2cnc(OC)nc2)cc1. The number of hydrogen-bond acceptors (Lipinski definition) is 5. The van der Waals surface area contributed by atoms with E-state index in [4.69, 9.17) is 9.47 Å². The molecule has 0 saturated carbocycles. The molecule has 1 N–H and O–H groups in total. The van der Waals surface area contributed by atoms with Crippen molar-refractivity contribution in [2.45, 2.75) is 0 Å². The largest absolute Gasteiger partial charge is 0.497 e. The van der Waals surface area contributed by atoms with E-state index in [1.165, 1.54) is 25.6 Å². The summed E-state index contributed by atoms with van der Waals surface area (Å²) >= 11 is 0. The molecule has 6 nitrogen and oxygen atoms in total. The van der Waals surface area contributed by atoms with E-state index in [0.717, 1.165) is 11.3 Å². The molecule has 0 aliphatic heterocycles. The maximum absolute atomic E-state index is 11.8. The summed E-state index contributed by atoms with van der Waals surface area (Å²) in [5, 5.41) is 2.66. The van der Waals surface area contributed by atoms with Crippen LogP contribution in [0.25, 0.3) is 6.08 Å². The number of benzene rings is 1. The number of hydrogen-bond donors (Lipinski definition) is 1. The zero-order valence-corrected chi connectivity index (χ0v) is 11.7. The maximum atomic E-state index is 11.8. The normalized spacial score (nSPS) is 10.4. The molecule has 1 amide bonds. The van der Waals surface area contributed by atoms with Gasteiger partial charge in [-0.1, -0.05) is 12.1 Å². The standard InChI is InChI=1S/C15H15N3O3/c1-20-13-6-3-11(4-7-13)5-8-14(19)18-12-9-16-15(21-2)17-10-12/h3-10H,1-2H3,(H,18,19)/b8-5+. The molecular formula is C15H15N3O3. The van der Waals surface area contributed by atoms with Crippen LogP contribution in [0.5, 0.6) is 11.8 Å². The van der Waals surface area contributed by atoms with Crippen LogP contribution in [0.2, 0.25) is 0 Å². The molecule has 0 fully saturated rings. The van der Waals surface area contributed by atoms with E-state index >= 15 is 0 Å². The average Bonchev–Trinajstić information content (AvgIpc) is 2.54. The van der Waals surface area contributed by atoms with Crippen LogP contribution in [0.3, 0.4) is 0 Å². The summed E-state index contributed by atoms with van der Waals surface area (Å²) in [5.41, 5.74) is 1.40. The highest BCUT2D eigenvalue weighted by Crippen LogP contribution is 2.12. The van der Waals surface area contributed by atoms with Crippen LogP contribution in [0.15, 0.2) is 42.7 Å². The van der Waals surface area contributed by atoms with Crippen molar-refractivity contribution in [3.05, 3.63) is 48.3 Å². The molecule has 108 valence electrons. The van der Waals surface area contributed by atoms with E-state index in [-0.39, 0.29) is 11.9 Å². The van der Waals surface area contributed by atoms with Gasteiger partial charge in [-0.3, -0.25) is 4.79 Å². The number of anilines is 1. The predicted octanol–water partition coefficient (Wildman–Crippen LogP) is 2.15. The quantitative estimate of drug-likeness (QED) is 0.852.